The van der Waals surface area contributed by atoms with Gasteiger partial charge in [-0.05, 0) is 0 Å². The molecule has 0 fully saturated rings. The average molecular weight is 90.1 g/mol. The molecule has 0 atom stereocenters. The summed E-state index contributed by atoms with van der Waals surface area (Å²) in [5.74, 6) is -0.831. The van der Waals surface area contributed by atoms with E-state index < -0.39 is 12.8 Å². The van der Waals surface area contributed by atoms with Crippen molar-refractivity contribution in [3.05, 3.63) is 0 Å². The Bertz CT molecular complexity index is 117. The first kappa shape index (κ1) is 1.96. The van der Waals surface area contributed by atoms with Gasteiger partial charge in [0.15, 0.2) is 0 Å². The van der Waals surface area contributed by atoms with Crippen molar-refractivity contribution in [2.45, 2.75) is 6.85 Å². The summed E-state index contributed by atoms with van der Waals surface area (Å²) in [7, 11) is 2.82. The number of hydrogen-bond donors (Lipinski definition) is 0. The third kappa shape index (κ3) is 1.76. The summed E-state index contributed by atoms with van der Waals surface area (Å²) in [5, 5.41) is 0. The first-order chi connectivity index (χ1) is 3.85. The van der Waals surface area contributed by atoms with E-state index in [4.69, 9.17) is 4.11 Å². The second-order valence-corrected chi connectivity index (χ2v) is 1.20. The lowest BCUT2D eigenvalue weighted by molar-refractivity contribution is -0.126. The summed E-state index contributed by atoms with van der Waals surface area (Å²) in [6.45, 7) is -2.48. The molecule has 0 aliphatic carbocycles. The molecule has 0 N–H and O–H groups in total. The van der Waals surface area contributed by atoms with Crippen LogP contribution in [-0.4, -0.2) is 24.9 Å². The standard InChI is InChI=1S/C4H9NO/c1-4(6)5(2)3/h1-3H3/i1D3. The molecule has 0 aromatic carbocycles. The highest BCUT2D eigenvalue weighted by Crippen LogP contribution is 1.69. The third-order valence-corrected chi connectivity index (χ3v) is 0.406. The molecular weight excluding hydrogens is 78.0 g/mol. The number of rotatable bonds is 0. The van der Waals surface area contributed by atoms with E-state index in [1.165, 1.54) is 14.1 Å². The van der Waals surface area contributed by atoms with Crippen molar-refractivity contribution in [1.82, 2.24) is 4.90 Å². The van der Waals surface area contributed by atoms with Crippen molar-refractivity contribution in [3.8, 4) is 0 Å². The second kappa shape index (κ2) is 1.80. The van der Waals surface area contributed by atoms with E-state index in [0.29, 0.717) is 0 Å². The lowest BCUT2D eigenvalue weighted by atomic mass is 10.7. The van der Waals surface area contributed by atoms with Gasteiger partial charge < -0.3 is 4.90 Å². The molecule has 36 valence electrons. The highest BCUT2D eigenvalue weighted by molar-refractivity contribution is 5.72. The van der Waals surface area contributed by atoms with Gasteiger partial charge in [-0.2, -0.15) is 0 Å². The molecule has 0 rings (SSSR count). The molecular formula is C4H9NO. The number of amides is 1. The lowest BCUT2D eigenvalue weighted by Crippen LogP contribution is -2.17. The van der Waals surface area contributed by atoms with Crippen molar-refractivity contribution in [2.24, 2.45) is 0 Å². The van der Waals surface area contributed by atoms with Gasteiger partial charge in [-0.25, -0.2) is 0 Å². The molecule has 6 heavy (non-hydrogen) atoms. The average Bonchev–Trinajstić information content (AvgIpc) is 1.62. The molecule has 1 amide bonds. The Morgan fingerprint density at radius 2 is 2.33 bits per heavy atom. The van der Waals surface area contributed by atoms with E-state index in [1.54, 1.807) is 0 Å². The SMILES string of the molecule is [2H]C([2H])([2H])C(=O)N(C)C. The normalized spacial score (nSPS) is 17.3. The molecule has 0 heterocycles. The van der Waals surface area contributed by atoms with Gasteiger partial charge in [0, 0.05) is 25.1 Å². The van der Waals surface area contributed by atoms with E-state index in [0.717, 1.165) is 4.90 Å². The summed E-state index contributed by atoms with van der Waals surface area (Å²) >= 11 is 0. The zero-order valence-corrected chi connectivity index (χ0v) is 3.86. The van der Waals surface area contributed by atoms with Gasteiger partial charge in [0.25, 0.3) is 0 Å². The van der Waals surface area contributed by atoms with Gasteiger partial charge in [-0.3, -0.25) is 4.79 Å². The van der Waals surface area contributed by atoms with Crippen LogP contribution >= 0.6 is 0 Å². The van der Waals surface area contributed by atoms with Crippen molar-refractivity contribution in [1.29, 1.82) is 0 Å². The quantitative estimate of drug-likeness (QED) is 0.413. The molecule has 0 unspecified atom stereocenters. The van der Waals surface area contributed by atoms with Crippen LogP contribution in [0.25, 0.3) is 0 Å². The highest BCUT2D eigenvalue weighted by Gasteiger charge is 1.87. The number of carbonyl (C=O) groups excluding carboxylic acids is 1. The second-order valence-electron chi connectivity index (χ2n) is 1.20. The summed E-state index contributed by atoms with van der Waals surface area (Å²) in [4.78, 5) is 11.6. The van der Waals surface area contributed by atoms with Gasteiger partial charge in [0.2, 0.25) is 5.91 Å². The zero-order valence-electron chi connectivity index (χ0n) is 6.86. The Balaban J connectivity index is 4.06. The molecule has 0 bridgehead atoms. The number of nitrogens with zero attached hydrogens (tertiary/aromatic N) is 1. The van der Waals surface area contributed by atoms with E-state index in [2.05, 4.69) is 0 Å². The molecule has 0 aliphatic heterocycles. The minimum atomic E-state index is -2.48. The van der Waals surface area contributed by atoms with Crippen LogP contribution < -0.4 is 0 Å². The largest absolute Gasteiger partial charge is 0.349 e. The molecule has 0 spiro atoms. The van der Waals surface area contributed by atoms with Gasteiger partial charge in [-0.1, -0.05) is 0 Å². The fraction of sp³-hybridized carbons (Fsp3) is 0.750. The Morgan fingerprint density at radius 3 is 2.33 bits per heavy atom. The van der Waals surface area contributed by atoms with Crippen LogP contribution in [-0.2, 0) is 4.79 Å². The Kier molecular flexibility index (Phi) is 0.587. The van der Waals surface area contributed by atoms with Crippen LogP contribution in [0, 0.1) is 0 Å². The molecule has 0 aromatic heterocycles. The van der Waals surface area contributed by atoms with E-state index in [1.807, 2.05) is 0 Å². The van der Waals surface area contributed by atoms with Crippen LogP contribution in [0.4, 0.5) is 0 Å². The van der Waals surface area contributed by atoms with Crippen LogP contribution in [0.2, 0.25) is 0 Å². The molecule has 0 aliphatic rings. The van der Waals surface area contributed by atoms with Crippen LogP contribution in [0.5, 0.6) is 0 Å². The van der Waals surface area contributed by atoms with Crippen molar-refractivity contribution in [3.63, 3.8) is 0 Å². The maximum Gasteiger partial charge on any atom is 0.218 e. The Hall–Kier alpha value is -0.530. The maximum atomic E-state index is 10.5. The lowest BCUT2D eigenvalue weighted by Gasteiger charge is -2.02. The number of hydrogen-bond acceptors (Lipinski definition) is 1. The first-order valence-electron chi connectivity index (χ1n) is 3.07. The Labute approximate surface area is 42.0 Å². The van der Waals surface area contributed by atoms with E-state index >= 15 is 0 Å². The zero-order chi connectivity index (χ0) is 7.65. The fourth-order valence-electron chi connectivity index (χ4n) is 0. The molecule has 2 nitrogen and oxygen atoms in total. The van der Waals surface area contributed by atoms with Crippen LogP contribution in [0.1, 0.15) is 11.0 Å². The van der Waals surface area contributed by atoms with Gasteiger partial charge in [0.1, 0.15) is 0 Å². The molecule has 0 aromatic rings. The maximum absolute atomic E-state index is 10.5. The molecule has 0 saturated carbocycles. The summed E-state index contributed by atoms with van der Waals surface area (Å²) < 4.78 is 19.8. The van der Waals surface area contributed by atoms with E-state index in [-0.39, 0.29) is 0 Å². The Morgan fingerprint density at radius 1 is 1.83 bits per heavy atom. The smallest absolute Gasteiger partial charge is 0.218 e. The molecule has 0 saturated heterocycles. The van der Waals surface area contributed by atoms with E-state index in [9.17, 15) is 4.79 Å². The monoisotopic (exact) mass is 90.1 g/mol. The predicted octanol–water partition coefficient (Wildman–Crippen LogP) is 0.0945. The third-order valence-electron chi connectivity index (χ3n) is 0.406. The van der Waals surface area contributed by atoms with Crippen molar-refractivity contribution >= 4 is 5.91 Å². The van der Waals surface area contributed by atoms with Crippen LogP contribution in [0.15, 0.2) is 0 Å². The van der Waals surface area contributed by atoms with Crippen molar-refractivity contribution < 1.29 is 8.91 Å². The van der Waals surface area contributed by atoms with Crippen LogP contribution in [0.3, 0.4) is 0 Å². The summed E-state index contributed by atoms with van der Waals surface area (Å²) in [6.07, 6.45) is 0. The number of carbonyl (C=O) groups is 1. The van der Waals surface area contributed by atoms with Gasteiger partial charge in [0.05, 0.1) is 0 Å². The fourth-order valence-corrected chi connectivity index (χ4v) is 0. The minimum Gasteiger partial charge on any atom is -0.349 e. The van der Waals surface area contributed by atoms with Gasteiger partial charge >= 0.3 is 0 Å². The summed E-state index contributed by atoms with van der Waals surface area (Å²) in [6, 6.07) is 0. The molecule has 2 heteroatoms. The highest BCUT2D eigenvalue weighted by atomic mass is 16.2. The van der Waals surface area contributed by atoms with Gasteiger partial charge in [-0.15, -0.1) is 0 Å². The summed E-state index contributed by atoms with van der Waals surface area (Å²) in [5.41, 5.74) is 0. The predicted molar refractivity (Wildman–Crippen MR) is 24.4 cm³/mol. The first-order valence-corrected chi connectivity index (χ1v) is 1.57. The molecule has 0 radical (unpaired) electrons. The van der Waals surface area contributed by atoms with Crippen molar-refractivity contribution in [2.75, 3.05) is 14.1 Å². The topological polar surface area (TPSA) is 20.3 Å². The minimum absolute atomic E-state index is 0.831.